The number of carboxylic acid groups (broad SMARTS) is 1. The molecule has 0 amide bonds. The van der Waals surface area contributed by atoms with Gasteiger partial charge in [0, 0.05) is 23.8 Å². The van der Waals surface area contributed by atoms with Crippen LogP contribution in [0.25, 0.3) is 0 Å². The number of phosphoric acid groups is 1. The van der Waals surface area contributed by atoms with Crippen LogP contribution in [-0.4, -0.2) is 105 Å². The summed E-state index contributed by atoms with van der Waals surface area (Å²) in [4.78, 5) is 46.9. The van der Waals surface area contributed by atoms with E-state index in [1.165, 1.54) is 95.2 Å². The van der Waals surface area contributed by atoms with Crippen LogP contribution in [0.3, 0.4) is 0 Å². The number of ether oxygens (including phenoxy) is 2. The largest absolute Gasteiger partial charge is 0.481 e. The van der Waals surface area contributed by atoms with Crippen LogP contribution in [0.5, 0.6) is 0 Å². The lowest BCUT2D eigenvalue weighted by Gasteiger charge is -2.22. The third kappa shape index (κ3) is 41.6. The van der Waals surface area contributed by atoms with Crippen LogP contribution >= 0.6 is 19.6 Å². The molecule has 6 atom stereocenters. The van der Waals surface area contributed by atoms with E-state index in [1.807, 2.05) is 24.3 Å². The first-order chi connectivity index (χ1) is 31.2. The predicted octanol–water partition coefficient (Wildman–Crippen LogP) is 10.1. The quantitative estimate of drug-likeness (QED) is 0.0110. The highest BCUT2D eigenvalue weighted by Crippen LogP contribution is 2.43. The number of phosphoric ester groups is 1. The molecule has 0 radical (unpaired) electrons. The van der Waals surface area contributed by atoms with E-state index in [4.69, 9.17) is 34.5 Å². The summed E-state index contributed by atoms with van der Waals surface area (Å²) in [6.07, 6.45) is 35.5. The average Bonchev–Trinajstić information content (AvgIpc) is 3.27. The van der Waals surface area contributed by atoms with Gasteiger partial charge in [-0.15, -0.1) is 11.8 Å². The molecule has 14 nitrogen and oxygen atoms in total. The van der Waals surface area contributed by atoms with Crippen LogP contribution in [0.4, 0.5) is 0 Å². The molecule has 7 N–H and O–H groups in total. The smallest absolute Gasteiger partial charge is 0.472 e. The van der Waals surface area contributed by atoms with Crippen molar-refractivity contribution in [3.05, 3.63) is 48.6 Å². The molecular weight excluding hydrogens is 874 g/mol. The molecule has 0 saturated carbocycles. The molecule has 0 aromatic heterocycles. The maximum atomic E-state index is 13.0. The Morgan fingerprint density at radius 3 is 1.91 bits per heavy atom. The number of aliphatic hydroxyl groups excluding tert-OH is 3. The molecule has 0 bridgehead atoms. The molecule has 16 heteroatoms. The maximum absolute atomic E-state index is 13.0. The van der Waals surface area contributed by atoms with Crippen LogP contribution in [0.1, 0.15) is 175 Å². The Hall–Kier alpha value is -2.33. The highest BCUT2D eigenvalue weighted by molar-refractivity contribution is 8.00. The Kier molecular flexibility index (Phi) is 41.4. The lowest BCUT2D eigenvalue weighted by Crippen LogP contribution is -2.38. The molecule has 378 valence electrons. The van der Waals surface area contributed by atoms with E-state index < -0.39 is 81.8 Å². The first-order valence-electron chi connectivity index (χ1n) is 24.4. The third-order valence-electron chi connectivity index (χ3n) is 10.4. The fourth-order valence-corrected chi connectivity index (χ4v) is 8.42. The van der Waals surface area contributed by atoms with Gasteiger partial charge in [0.2, 0.25) is 0 Å². The Bertz CT molecular complexity index is 1360. The van der Waals surface area contributed by atoms with Gasteiger partial charge in [-0.1, -0.05) is 172 Å². The normalized spacial score (nSPS) is 15.5. The van der Waals surface area contributed by atoms with Crippen molar-refractivity contribution in [2.45, 2.75) is 204 Å². The highest BCUT2D eigenvalue weighted by Gasteiger charge is 2.28. The standard InChI is InChI=1S/C49H88NO13PS/c1-4-5-6-7-8-9-10-16-19-22-25-28-33-46(45(53)32-30-34-47(54)55)65-40-44(50)49(57)60-38-43(39-62-64(58,59)61-37-42(52)36-51)63-48(56)35-29-26-23-20-17-14-12-11-13-15-18-21-24-27-31-41(2)3/h8-9,16,19,22,25,28,33,41-46,51-53H,4-7,10-15,17-18,20-21,23-24,26-27,29-32,34-40,50H2,1-3H3,(H,54,55)(H,58,59)/b9-8-,19-16-,25-22+,33-28+/t42-,43+,44-,45-,46+/m0/s1. The van der Waals surface area contributed by atoms with Gasteiger partial charge >= 0.3 is 25.7 Å². The molecule has 1 unspecified atom stereocenters. The SMILES string of the molecule is CCCCC/C=C\C\C=C/C=C/C=C/[C@@H](SC[C@H](N)C(=O)OC[C@H](COP(=O)(O)OC[C@@H](O)CO)OC(=O)CCCCCCCCCCCCCCCCC(C)C)[C@@H](O)CCCC(=O)O. The zero-order valence-electron chi connectivity index (χ0n) is 40.0. The summed E-state index contributed by atoms with van der Waals surface area (Å²) in [7, 11) is -4.76. The summed E-state index contributed by atoms with van der Waals surface area (Å²) in [6.45, 7) is 4.11. The molecule has 0 heterocycles. The summed E-state index contributed by atoms with van der Waals surface area (Å²) in [5.41, 5.74) is 6.17. The van der Waals surface area contributed by atoms with Gasteiger partial charge in [-0.05, 0) is 44.4 Å². The Morgan fingerprint density at radius 1 is 0.708 bits per heavy atom. The van der Waals surface area contributed by atoms with Gasteiger partial charge in [-0.2, -0.15) is 0 Å². The van der Waals surface area contributed by atoms with Gasteiger partial charge < -0.3 is 40.5 Å². The number of carbonyl (C=O) groups is 3. The molecule has 0 aliphatic heterocycles. The van der Waals surface area contributed by atoms with E-state index in [2.05, 4.69) is 32.9 Å². The second kappa shape index (κ2) is 43.0. The van der Waals surface area contributed by atoms with Gasteiger partial charge in [0.15, 0.2) is 6.10 Å². The number of carbonyl (C=O) groups excluding carboxylic acids is 2. The average molecular weight is 962 g/mol. The number of hydrogen-bond donors (Lipinski definition) is 6. The summed E-state index contributed by atoms with van der Waals surface area (Å²) in [5.74, 6) is -1.61. The van der Waals surface area contributed by atoms with E-state index in [-0.39, 0.29) is 31.4 Å². The first-order valence-corrected chi connectivity index (χ1v) is 26.9. The van der Waals surface area contributed by atoms with E-state index >= 15 is 0 Å². The molecule has 0 fully saturated rings. The lowest BCUT2D eigenvalue weighted by molar-refractivity contribution is -0.161. The van der Waals surface area contributed by atoms with Gasteiger partial charge in [-0.25, -0.2) is 4.57 Å². The molecule has 65 heavy (non-hydrogen) atoms. The fraction of sp³-hybridized carbons (Fsp3) is 0.776. The monoisotopic (exact) mass is 962 g/mol. The highest BCUT2D eigenvalue weighted by atomic mass is 32.2. The second-order valence-electron chi connectivity index (χ2n) is 17.2. The second-order valence-corrected chi connectivity index (χ2v) is 19.8. The fourth-order valence-electron chi connectivity index (χ4n) is 6.50. The van der Waals surface area contributed by atoms with Crippen LogP contribution in [0.15, 0.2) is 48.6 Å². The van der Waals surface area contributed by atoms with Gasteiger partial charge in [0.05, 0.1) is 25.9 Å². The molecule has 0 aliphatic rings. The molecular formula is C49H88NO13PS. The van der Waals surface area contributed by atoms with Crippen LogP contribution in [0.2, 0.25) is 0 Å². The lowest BCUT2D eigenvalue weighted by atomic mass is 10.0. The van der Waals surface area contributed by atoms with Crippen molar-refractivity contribution in [2.75, 3.05) is 32.2 Å². The molecule has 0 spiro atoms. The number of hydrogen-bond acceptors (Lipinski definition) is 13. The minimum absolute atomic E-state index is 0.0185. The predicted molar refractivity (Wildman–Crippen MR) is 261 cm³/mol. The first kappa shape index (κ1) is 62.7. The van der Waals surface area contributed by atoms with Crippen molar-refractivity contribution >= 4 is 37.5 Å². The summed E-state index contributed by atoms with van der Waals surface area (Å²) < 4.78 is 32.9. The Labute approximate surface area is 395 Å². The van der Waals surface area contributed by atoms with Crippen molar-refractivity contribution in [2.24, 2.45) is 11.7 Å². The number of rotatable bonds is 45. The number of carboxylic acids is 1. The minimum atomic E-state index is -4.76. The van der Waals surface area contributed by atoms with Gasteiger partial charge in [0.25, 0.3) is 0 Å². The number of allylic oxidation sites excluding steroid dienone is 7. The molecule has 0 aliphatic carbocycles. The van der Waals surface area contributed by atoms with Crippen molar-refractivity contribution < 1.29 is 62.8 Å². The molecule has 0 rings (SSSR count). The molecule has 0 aromatic carbocycles. The Balaban J connectivity index is 5.08. The van der Waals surface area contributed by atoms with Crippen molar-refractivity contribution in [1.82, 2.24) is 0 Å². The van der Waals surface area contributed by atoms with Crippen LogP contribution in [-0.2, 0) is 37.5 Å². The topological polar surface area (TPSA) is 232 Å². The van der Waals surface area contributed by atoms with Crippen molar-refractivity contribution in [3.8, 4) is 0 Å². The molecule has 0 aromatic rings. The summed E-state index contributed by atoms with van der Waals surface area (Å²) >= 11 is 1.19. The van der Waals surface area contributed by atoms with Crippen LogP contribution < -0.4 is 5.73 Å². The number of thioether (sulfide) groups is 1. The van der Waals surface area contributed by atoms with Gasteiger partial charge in [-0.3, -0.25) is 23.4 Å². The summed E-state index contributed by atoms with van der Waals surface area (Å²) in [6, 6.07) is -1.17. The van der Waals surface area contributed by atoms with E-state index in [0.717, 1.165) is 44.4 Å². The van der Waals surface area contributed by atoms with Crippen LogP contribution in [0, 0.1) is 5.92 Å². The van der Waals surface area contributed by atoms with E-state index in [0.29, 0.717) is 6.42 Å². The maximum Gasteiger partial charge on any atom is 0.472 e. The van der Waals surface area contributed by atoms with Gasteiger partial charge in [0.1, 0.15) is 18.8 Å². The number of unbranched alkanes of at least 4 members (excludes halogenated alkanes) is 16. The van der Waals surface area contributed by atoms with Crippen molar-refractivity contribution in [3.63, 3.8) is 0 Å². The third-order valence-corrected chi connectivity index (χ3v) is 12.8. The number of esters is 2. The summed E-state index contributed by atoms with van der Waals surface area (Å²) in [5, 5.41) is 37.9. The minimum Gasteiger partial charge on any atom is -0.481 e. The zero-order valence-corrected chi connectivity index (χ0v) is 41.7. The zero-order chi connectivity index (χ0) is 48.4. The number of nitrogens with two attached hydrogens (primary N) is 1. The Morgan fingerprint density at radius 2 is 1.31 bits per heavy atom. The van der Waals surface area contributed by atoms with Crippen molar-refractivity contribution in [1.29, 1.82) is 0 Å². The molecule has 0 saturated heterocycles. The number of aliphatic hydroxyl groups is 3. The van der Waals surface area contributed by atoms with E-state index in [1.54, 1.807) is 12.2 Å². The van der Waals surface area contributed by atoms with E-state index in [9.17, 15) is 34.1 Å². The number of aliphatic carboxylic acids is 1.